The molecule has 1 aliphatic carbocycles. The molecule has 0 spiro atoms. The maximum absolute atomic E-state index is 12.3. The quantitative estimate of drug-likeness (QED) is 0.832. The van der Waals surface area contributed by atoms with Crippen molar-refractivity contribution in [3.8, 4) is 0 Å². The number of nitrogens with two attached hydrogens (primary N) is 1. The van der Waals surface area contributed by atoms with Gasteiger partial charge in [0.05, 0.1) is 11.9 Å². The summed E-state index contributed by atoms with van der Waals surface area (Å²) in [5.74, 6) is 0.117. The van der Waals surface area contributed by atoms with Gasteiger partial charge in [0.2, 0.25) is 0 Å². The summed E-state index contributed by atoms with van der Waals surface area (Å²) >= 11 is 1.12. The zero-order valence-corrected chi connectivity index (χ0v) is 12.1. The van der Waals surface area contributed by atoms with Crippen LogP contribution in [-0.2, 0) is 14.6 Å². The largest absolute Gasteiger partial charge is 0.383 e. The lowest BCUT2D eigenvalue weighted by Gasteiger charge is -2.17. The molecule has 0 atom stereocenters. The van der Waals surface area contributed by atoms with Gasteiger partial charge in [-0.15, -0.1) is 0 Å². The highest BCUT2D eigenvalue weighted by molar-refractivity contribution is 7.92. The zero-order valence-electron chi connectivity index (χ0n) is 10.4. The summed E-state index contributed by atoms with van der Waals surface area (Å²) in [6.07, 6.45) is 1.44. The molecule has 18 heavy (non-hydrogen) atoms. The molecule has 1 saturated carbocycles. The fourth-order valence-electron chi connectivity index (χ4n) is 1.67. The van der Waals surface area contributed by atoms with E-state index in [0.29, 0.717) is 18.2 Å². The van der Waals surface area contributed by atoms with Gasteiger partial charge in [-0.1, -0.05) is 0 Å². The number of aromatic nitrogens is 1. The van der Waals surface area contributed by atoms with Crippen LogP contribution in [0.25, 0.3) is 0 Å². The Bertz CT molecular complexity index is 522. The summed E-state index contributed by atoms with van der Waals surface area (Å²) in [5, 5.41) is 0.335. The molecule has 0 saturated heterocycles. The molecule has 1 fully saturated rings. The van der Waals surface area contributed by atoms with Crippen LogP contribution in [0, 0.1) is 0 Å². The topological polar surface area (TPSA) is 85.5 Å². The maximum Gasteiger partial charge on any atom is 0.187 e. The lowest BCUT2D eigenvalue weighted by molar-refractivity contribution is 0.206. The molecule has 2 N–H and O–H groups in total. The Morgan fingerprint density at radius 3 is 2.78 bits per heavy atom. The number of nitrogens with zero attached hydrogens (tertiary/aromatic N) is 2. The number of nitrogen functional groups attached to an aromatic ring is 1. The molecule has 0 amide bonds. The molecule has 1 aromatic heterocycles. The van der Waals surface area contributed by atoms with Crippen LogP contribution < -0.4 is 10.6 Å². The Morgan fingerprint density at radius 1 is 1.56 bits per heavy atom. The molecule has 0 aromatic carbocycles. The molecule has 1 aliphatic rings. The van der Waals surface area contributed by atoms with Crippen molar-refractivity contribution >= 4 is 32.2 Å². The fourth-order valence-corrected chi connectivity index (χ4v) is 4.71. The van der Waals surface area contributed by atoms with Crippen molar-refractivity contribution < 1.29 is 13.2 Å². The van der Waals surface area contributed by atoms with Gasteiger partial charge in [-0.05, 0) is 24.4 Å². The third-order valence-electron chi connectivity index (χ3n) is 2.88. The van der Waals surface area contributed by atoms with Crippen molar-refractivity contribution in [3.63, 3.8) is 0 Å². The SMILES string of the molecule is COCCN(C)c1snc(N)c1S(=O)(=O)C1CC1. The first-order valence-corrected chi connectivity index (χ1v) is 7.99. The van der Waals surface area contributed by atoms with Crippen molar-refractivity contribution in [3.05, 3.63) is 0 Å². The van der Waals surface area contributed by atoms with E-state index in [9.17, 15) is 8.42 Å². The molecule has 1 aromatic rings. The molecule has 0 unspecified atom stereocenters. The van der Waals surface area contributed by atoms with E-state index >= 15 is 0 Å². The number of ether oxygens (including phenoxy) is 1. The van der Waals surface area contributed by atoms with E-state index in [1.54, 1.807) is 7.11 Å². The number of sulfone groups is 1. The first-order valence-electron chi connectivity index (χ1n) is 5.67. The van der Waals surface area contributed by atoms with Crippen LogP contribution in [0.15, 0.2) is 4.90 Å². The summed E-state index contributed by atoms with van der Waals surface area (Å²) in [6.45, 7) is 1.13. The van der Waals surface area contributed by atoms with Gasteiger partial charge in [-0.25, -0.2) is 8.42 Å². The summed E-state index contributed by atoms with van der Waals surface area (Å²) < 4.78 is 33.6. The Morgan fingerprint density at radius 2 is 2.22 bits per heavy atom. The second-order valence-corrected chi connectivity index (χ2v) is 7.28. The van der Waals surface area contributed by atoms with Gasteiger partial charge in [0, 0.05) is 20.7 Å². The standard InChI is InChI=1S/C10H17N3O3S2/c1-13(5-6-16-2)10-8(9(11)12-17-10)18(14,15)7-3-4-7/h7H,3-6H2,1-2H3,(H2,11,12). The monoisotopic (exact) mass is 291 g/mol. The fraction of sp³-hybridized carbons (Fsp3) is 0.700. The van der Waals surface area contributed by atoms with E-state index in [1.165, 1.54) is 0 Å². The van der Waals surface area contributed by atoms with Crippen molar-refractivity contribution in [2.24, 2.45) is 0 Å². The van der Waals surface area contributed by atoms with Gasteiger partial charge in [-0.3, -0.25) is 0 Å². The van der Waals surface area contributed by atoms with Gasteiger partial charge in [0.15, 0.2) is 15.7 Å². The third kappa shape index (κ3) is 2.45. The highest BCUT2D eigenvalue weighted by atomic mass is 32.2. The van der Waals surface area contributed by atoms with Crippen molar-refractivity contribution in [1.82, 2.24) is 4.37 Å². The molecule has 8 heteroatoms. The molecule has 0 bridgehead atoms. The highest BCUT2D eigenvalue weighted by Gasteiger charge is 2.41. The number of hydrogen-bond acceptors (Lipinski definition) is 7. The van der Waals surface area contributed by atoms with E-state index in [2.05, 4.69) is 4.37 Å². The Balaban J connectivity index is 2.32. The van der Waals surface area contributed by atoms with Gasteiger partial charge < -0.3 is 15.4 Å². The minimum absolute atomic E-state index is 0.117. The molecule has 6 nitrogen and oxygen atoms in total. The lowest BCUT2D eigenvalue weighted by Crippen LogP contribution is -2.23. The van der Waals surface area contributed by atoms with Crippen LogP contribution in [0.4, 0.5) is 10.8 Å². The van der Waals surface area contributed by atoms with Gasteiger partial charge in [-0.2, -0.15) is 4.37 Å². The number of likely N-dealkylation sites (N-methyl/N-ethyl adjacent to an activating group) is 1. The molecule has 2 rings (SSSR count). The first-order chi connectivity index (χ1) is 8.48. The van der Waals surface area contributed by atoms with E-state index < -0.39 is 9.84 Å². The summed E-state index contributed by atoms with van der Waals surface area (Å²) in [4.78, 5) is 2.03. The number of hydrogen-bond donors (Lipinski definition) is 1. The molecule has 0 aliphatic heterocycles. The lowest BCUT2D eigenvalue weighted by atomic mass is 10.5. The number of methoxy groups -OCH3 is 1. The molecule has 1 heterocycles. The van der Waals surface area contributed by atoms with Crippen LogP contribution in [0.1, 0.15) is 12.8 Å². The number of anilines is 2. The minimum Gasteiger partial charge on any atom is -0.383 e. The van der Waals surface area contributed by atoms with Gasteiger partial charge in [0.1, 0.15) is 9.90 Å². The Hall–Kier alpha value is -0.860. The normalized spacial score (nSPS) is 15.9. The van der Waals surface area contributed by atoms with Gasteiger partial charge >= 0.3 is 0 Å². The summed E-state index contributed by atoms with van der Waals surface area (Å²) in [7, 11) is 0.112. The molecule has 102 valence electrons. The summed E-state index contributed by atoms with van der Waals surface area (Å²) in [6, 6.07) is 0. The molecule has 0 radical (unpaired) electrons. The predicted molar refractivity (Wildman–Crippen MR) is 71.9 cm³/mol. The second kappa shape index (κ2) is 5.02. The predicted octanol–water partition coefficient (Wildman–Crippen LogP) is 0.744. The van der Waals surface area contributed by atoms with Crippen LogP contribution in [0.5, 0.6) is 0 Å². The van der Waals surface area contributed by atoms with E-state index in [0.717, 1.165) is 24.4 Å². The van der Waals surface area contributed by atoms with Crippen LogP contribution in [-0.4, -0.2) is 45.4 Å². The maximum atomic E-state index is 12.3. The highest BCUT2D eigenvalue weighted by Crippen LogP contribution is 2.42. The smallest absolute Gasteiger partial charge is 0.187 e. The van der Waals surface area contributed by atoms with Crippen LogP contribution >= 0.6 is 11.5 Å². The van der Waals surface area contributed by atoms with Crippen molar-refractivity contribution in [1.29, 1.82) is 0 Å². The Kier molecular flexibility index (Phi) is 3.79. The average molecular weight is 291 g/mol. The number of rotatable bonds is 6. The van der Waals surface area contributed by atoms with E-state index in [4.69, 9.17) is 10.5 Å². The van der Waals surface area contributed by atoms with Crippen LogP contribution in [0.3, 0.4) is 0 Å². The van der Waals surface area contributed by atoms with Crippen LogP contribution in [0.2, 0.25) is 0 Å². The molecular weight excluding hydrogens is 274 g/mol. The zero-order chi connectivity index (χ0) is 13.3. The van der Waals surface area contributed by atoms with Crippen molar-refractivity contribution in [2.75, 3.05) is 37.9 Å². The third-order valence-corrected chi connectivity index (χ3v) is 6.31. The van der Waals surface area contributed by atoms with E-state index in [-0.39, 0.29) is 16.0 Å². The van der Waals surface area contributed by atoms with E-state index in [1.807, 2.05) is 11.9 Å². The minimum atomic E-state index is -3.31. The summed E-state index contributed by atoms with van der Waals surface area (Å²) in [5.41, 5.74) is 5.72. The second-order valence-electron chi connectivity index (χ2n) is 4.36. The molecular formula is C10H17N3O3S2. The Labute approximate surface area is 111 Å². The first kappa shape index (κ1) is 13.6. The average Bonchev–Trinajstić information content (AvgIpc) is 3.10. The van der Waals surface area contributed by atoms with Gasteiger partial charge in [0.25, 0.3) is 0 Å². The van der Waals surface area contributed by atoms with Crippen molar-refractivity contribution in [2.45, 2.75) is 23.0 Å².